The molecule has 0 bridgehead atoms. The summed E-state index contributed by atoms with van der Waals surface area (Å²) >= 11 is 6.30. The zero-order valence-corrected chi connectivity index (χ0v) is 18.3. The first-order chi connectivity index (χ1) is 15.3. The standard InChI is InChI=1S/C23H24ClN5O3/c1-14(27-23(31)32)15-6-9-18(10-7-15)28-22-26-13-19(24)20(29-22)11-8-16-4-2-3-5-17(16)12-21(25)30/h2-7,9-10,13-14,27H,8,11-12H2,1H3,(H2,25,30)(H,31,32)(H,26,28,29). The molecule has 0 fully saturated rings. The number of primary amides is 1. The summed E-state index contributed by atoms with van der Waals surface area (Å²) in [6.45, 7) is 1.77. The Bertz CT molecular complexity index is 1110. The minimum Gasteiger partial charge on any atom is -0.465 e. The second kappa shape index (κ2) is 10.6. The van der Waals surface area contributed by atoms with Crippen LogP contribution in [0.5, 0.6) is 0 Å². The summed E-state index contributed by atoms with van der Waals surface area (Å²) < 4.78 is 0. The van der Waals surface area contributed by atoms with Gasteiger partial charge in [-0.15, -0.1) is 0 Å². The van der Waals surface area contributed by atoms with Crippen LogP contribution in [0.25, 0.3) is 0 Å². The maximum Gasteiger partial charge on any atom is 0.405 e. The summed E-state index contributed by atoms with van der Waals surface area (Å²) in [4.78, 5) is 30.9. The number of nitrogens with one attached hydrogen (secondary N) is 2. The van der Waals surface area contributed by atoms with Crippen molar-refractivity contribution in [2.45, 2.75) is 32.2 Å². The van der Waals surface area contributed by atoms with E-state index in [-0.39, 0.29) is 18.4 Å². The first-order valence-corrected chi connectivity index (χ1v) is 10.4. The molecule has 0 aliphatic carbocycles. The van der Waals surface area contributed by atoms with Crippen LogP contribution in [0.15, 0.2) is 54.7 Å². The van der Waals surface area contributed by atoms with E-state index in [0.717, 1.165) is 22.4 Å². The lowest BCUT2D eigenvalue weighted by molar-refractivity contribution is -0.117. The van der Waals surface area contributed by atoms with Gasteiger partial charge in [-0.2, -0.15) is 0 Å². The van der Waals surface area contributed by atoms with Gasteiger partial charge in [0.1, 0.15) is 0 Å². The van der Waals surface area contributed by atoms with Gasteiger partial charge in [0.05, 0.1) is 29.4 Å². The van der Waals surface area contributed by atoms with Gasteiger partial charge >= 0.3 is 6.09 Å². The van der Waals surface area contributed by atoms with Crippen LogP contribution in [0, 0.1) is 0 Å². The van der Waals surface area contributed by atoms with Crippen molar-refractivity contribution in [1.82, 2.24) is 15.3 Å². The zero-order valence-electron chi connectivity index (χ0n) is 17.5. The Hall–Kier alpha value is -3.65. The molecule has 32 heavy (non-hydrogen) atoms. The fourth-order valence-electron chi connectivity index (χ4n) is 3.31. The number of carbonyl (C=O) groups is 2. The summed E-state index contributed by atoms with van der Waals surface area (Å²) in [6, 6.07) is 14.7. The highest BCUT2D eigenvalue weighted by atomic mass is 35.5. The molecular weight excluding hydrogens is 430 g/mol. The number of nitrogens with two attached hydrogens (primary N) is 1. The number of hydrogen-bond acceptors (Lipinski definition) is 5. The molecule has 3 rings (SSSR count). The van der Waals surface area contributed by atoms with Gasteiger partial charge in [0.2, 0.25) is 11.9 Å². The van der Waals surface area contributed by atoms with E-state index in [2.05, 4.69) is 20.6 Å². The summed E-state index contributed by atoms with van der Waals surface area (Å²) in [5, 5.41) is 14.9. The number of aryl methyl sites for hydroxylation is 2. The molecule has 0 aliphatic rings. The predicted octanol–water partition coefficient (Wildman–Crippen LogP) is 4.02. The molecule has 0 saturated heterocycles. The smallest absolute Gasteiger partial charge is 0.405 e. The molecule has 166 valence electrons. The van der Waals surface area contributed by atoms with Gasteiger partial charge in [-0.05, 0) is 48.6 Å². The summed E-state index contributed by atoms with van der Waals surface area (Å²) in [5.41, 5.74) is 9.56. The zero-order chi connectivity index (χ0) is 23.1. The van der Waals surface area contributed by atoms with E-state index in [9.17, 15) is 9.59 Å². The third-order valence-corrected chi connectivity index (χ3v) is 5.25. The third-order valence-electron chi connectivity index (χ3n) is 4.94. The second-order valence-corrected chi connectivity index (χ2v) is 7.73. The van der Waals surface area contributed by atoms with Crippen LogP contribution in [0.2, 0.25) is 5.02 Å². The molecule has 1 aromatic heterocycles. The van der Waals surface area contributed by atoms with Crippen LogP contribution in [-0.4, -0.2) is 27.1 Å². The maximum absolute atomic E-state index is 11.3. The largest absolute Gasteiger partial charge is 0.465 e. The van der Waals surface area contributed by atoms with Crippen LogP contribution >= 0.6 is 11.6 Å². The highest BCUT2D eigenvalue weighted by molar-refractivity contribution is 6.31. The molecule has 0 spiro atoms. The minimum atomic E-state index is -1.07. The molecule has 0 aliphatic heterocycles. The molecular formula is C23H24ClN5O3. The van der Waals surface area contributed by atoms with Crippen molar-refractivity contribution in [1.29, 1.82) is 0 Å². The van der Waals surface area contributed by atoms with Crippen molar-refractivity contribution < 1.29 is 14.7 Å². The number of carbonyl (C=O) groups excluding carboxylic acids is 1. The molecule has 2 amide bonds. The summed E-state index contributed by atoms with van der Waals surface area (Å²) in [6.07, 6.45) is 1.90. The van der Waals surface area contributed by atoms with Crippen molar-refractivity contribution in [2.75, 3.05) is 5.32 Å². The van der Waals surface area contributed by atoms with Gasteiger partial charge in [0.15, 0.2) is 0 Å². The Labute approximate surface area is 190 Å². The number of aromatic nitrogens is 2. The lowest BCUT2D eigenvalue weighted by Gasteiger charge is -2.13. The van der Waals surface area contributed by atoms with Crippen LogP contribution in [0.3, 0.4) is 0 Å². The number of rotatable bonds is 9. The fourth-order valence-corrected chi connectivity index (χ4v) is 3.49. The van der Waals surface area contributed by atoms with Crippen molar-refractivity contribution >= 4 is 35.2 Å². The van der Waals surface area contributed by atoms with Crippen molar-refractivity contribution in [3.63, 3.8) is 0 Å². The Morgan fingerprint density at radius 1 is 1.09 bits per heavy atom. The lowest BCUT2D eigenvalue weighted by atomic mass is 9.99. The fraction of sp³-hybridized carbons (Fsp3) is 0.217. The van der Waals surface area contributed by atoms with Crippen molar-refractivity contribution in [3.8, 4) is 0 Å². The summed E-state index contributed by atoms with van der Waals surface area (Å²) in [5.74, 6) is 0.0300. The molecule has 2 aromatic carbocycles. The van der Waals surface area contributed by atoms with E-state index < -0.39 is 6.09 Å². The third kappa shape index (κ3) is 6.42. The Morgan fingerprint density at radius 3 is 2.44 bits per heavy atom. The Balaban J connectivity index is 1.69. The van der Waals surface area contributed by atoms with Gasteiger partial charge < -0.3 is 21.5 Å². The molecule has 0 radical (unpaired) electrons. The van der Waals surface area contributed by atoms with Crippen LogP contribution in [0.1, 0.15) is 35.3 Å². The Kier molecular flexibility index (Phi) is 7.62. The Morgan fingerprint density at radius 2 is 1.78 bits per heavy atom. The first kappa shape index (κ1) is 23.0. The van der Waals surface area contributed by atoms with Gasteiger partial charge in [-0.25, -0.2) is 14.8 Å². The normalized spacial score (nSPS) is 11.6. The molecule has 1 atom stereocenters. The van der Waals surface area contributed by atoms with Gasteiger partial charge in [-0.3, -0.25) is 4.79 Å². The average Bonchev–Trinajstić information content (AvgIpc) is 2.74. The van der Waals surface area contributed by atoms with Gasteiger partial charge in [-0.1, -0.05) is 48.0 Å². The number of nitrogens with zero attached hydrogens (tertiary/aromatic N) is 2. The highest BCUT2D eigenvalue weighted by Crippen LogP contribution is 2.22. The van der Waals surface area contributed by atoms with E-state index in [1.165, 1.54) is 0 Å². The highest BCUT2D eigenvalue weighted by Gasteiger charge is 2.11. The van der Waals surface area contributed by atoms with Crippen LogP contribution < -0.4 is 16.4 Å². The predicted molar refractivity (Wildman–Crippen MR) is 123 cm³/mol. The van der Waals surface area contributed by atoms with E-state index in [1.807, 2.05) is 48.5 Å². The topological polar surface area (TPSA) is 130 Å². The second-order valence-electron chi connectivity index (χ2n) is 7.32. The molecule has 0 saturated carbocycles. The van der Waals surface area contributed by atoms with Crippen LogP contribution in [0.4, 0.5) is 16.4 Å². The first-order valence-electron chi connectivity index (χ1n) is 10.0. The number of benzene rings is 2. The van der Waals surface area contributed by atoms with E-state index in [0.29, 0.717) is 29.5 Å². The maximum atomic E-state index is 11.3. The number of amides is 2. The molecule has 1 unspecified atom stereocenters. The number of halogens is 1. The molecule has 9 heteroatoms. The van der Waals surface area contributed by atoms with Crippen molar-refractivity contribution in [3.05, 3.63) is 82.1 Å². The monoisotopic (exact) mass is 453 g/mol. The molecule has 5 N–H and O–H groups in total. The van der Waals surface area contributed by atoms with E-state index >= 15 is 0 Å². The quantitative estimate of drug-likeness (QED) is 0.387. The lowest BCUT2D eigenvalue weighted by Crippen LogP contribution is -2.24. The minimum absolute atomic E-state index is 0.192. The molecule has 3 aromatic rings. The molecule has 1 heterocycles. The van der Waals surface area contributed by atoms with Crippen LogP contribution in [-0.2, 0) is 24.1 Å². The van der Waals surface area contributed by atoms with E-state index in [1.54, 1.807) is 13.1 Å². The van der Waals surface area contributed by atoms with E-state index in [4.69, 9.17) is 22.4 Å². The van der Waals surface area contributed by atoms with Gasteiger partial charge in [0, 0.05) is 5.69 Å². The SMILES string of the molecule is CC(NC(=O)O)c1ccc(Nc2ncc(Cl)c(CCc3ccccc3CC(N)=O)n2)cc1. The average molecular weight is 454 g/mol. The van der Waals surface area contributed by atoms with Crippen molar-refractivity contribution in [2.24, 2.45) is 5.73 Å². The number of hydrogen-bond donors (Lipinski definition) is 4. The number of anilines is 2. The molecule has 8 nitrogen and oxygen atoms in total. The number of carboxylic acid groups (broad SMARTS) is 1. The van der Waals surface area contributed by atoms with Gasteiger partial charge in [0.25, 0.3) is 0 Å². The summed E-state index contributed by atoms with van der Waals surface area (Å²) in [7, 11) is 0.